The summed E-state index contributed by atoms with van der Waals surface area (Å²) in [6, 6.07) is 6.34. The van der Waals surface area contributed by atoms with E-state index in [-0.39, 0.29) is 5.91 Å². The number of anilines is 2. The summed E-state index contributed by atoms with van der Waals surface area (Å²) < 4.78 is 1.05. The summed E-state index contributed by atoms with van der Waals surface area (Å²) in [5.74, 6) is 0.751. The highest BCUT2D eigenvalue weighted by Gasteiger charge is 2.34. The van der Waals surface area contributed by atoms with Crippen molar-refractivity contribution in [3.63, 3.8) is 0 Å². The number of halogens is 1. The average Bonchev–Trinajstić information content (AvgIpc) is 2.41. The molecule has 2 aliphatic rings. The average molecular weight is 324 g/mol. The van der Waals surface area contributed by atoms with Crippen molar-refractivity contribution in [3.8, 4) is 0 Å². The van der Waals surface area contributed by atoms with Gasteiger partial charge < -0.3 is 16.0 Å². The number of piperidine rings is 2. The van der Waals surface area contributed by atoms with Crippen molar-refractivity contribution >= 4 is 33.2 Å². The Balaban J connectivity index is 1.77. The number of hydrogen-bond donors (Lipinski definition) is 2. The predicted molar refractivity (Wildman–Crippen MR) is 80.0 cm³/mol. The van der Waals surface area contributed by atoms with E-state index < -0.39 is 0 Å². The predicted octanol–water partition coefficient (Wildman–Crippen LogP) is 2.14. The number of amides is 1. The number of nitrogens with two attached hydrogens (primary N) is 1. The van der Waals surface area contributed by atoms with Crippen molar-refractivity contribution in [2.45, 2.75) is 25.3 Å². The number of nitrogens with one attached hydrogen (secondary N) is 1. The number of hydrogen-bond acceptors (Lipinski definition) is 3. The molecule has 0 aliphatic carbocycles. The molecule has 0 saturated carbocycles. The highest BCUT2D eigenvalue weighted by atomic mass is 79.9. The molecule has 2 atom stereocenters. The van der Waals surface area contributed by atoms with Gasteiger partial charge in [0.15, 0.2) is 0 Å². The number of carbonyl (C=O) groups excluding carboxylic acids is 1. The van der Waals surface area contributed by atoms with E-state index in [1.54, 1.807) is 0 Å². The molecule has 2 fully saturated rings. The summed E-state index contributed by atoms with van der Waals surface area (Å²) in [4.78, 5) is 13.8. The number of rotatable bonds is 1. The van der Waals surface area contributed by atoms with E-state index in [0.29, 0.717) is 18.4 Å². The van der Waals surface area contributed by atoms with Gasteiger partial charge in [0.05, 0.1) is 11.4 Å². The summed E-state index contributed by atoms with van der Waals surface area (Å²) in [5.41, 5.74) is 8.00. The van der Waals surface area contributed by atoms with Crippen LogP contribution in [0, 0.1) is 5.92 Å². The number of nitrogens with zero attached hydrogens (tertiary/aromatic N) is 1. The van der Waals surface area contributed by atoms with E-state index in [4.69, 9.17) is 5.73 Å². The summed E-state index contributed by atoms with van der Waals surface area (Å²) >= 11 is 3.50. The van der Waals surface area contributed by atoms with Crippen LogP contribution in [-0.2, 0) is 4.79 Å². The number of nitrogen functional groups attached to an aromatic ring is 1. The first-order valence-electron chi connectivity index (χ1n) is 6.73. The Labute approximate surface area is 121 Å². The van der Waals surface area contributed by atoms with Crippen LogP contribution in [0.25, 0.3) is 0 Å². The van der Waals surface area contributed by atoms with Gasteiger partial charge in [-0.1, -0.05) is 15.9 Å². The first-order chi connectivity index (χ1) is 9.13. The Morgan fingerprint density at radius 1 is 1.37 bits per heavy atom. The minimum absolute atomic E-state index is 0.205. The van der Waals surface area contributed by atoms with Gasteiger partial charge in [-0.15, -0.1) is 0 Å². The van der Waals surface area contributed by atoms with E-state index in [0.717, 1.165) is 41.8 Å². The van der Waals surface area contributed by atoms with E-state index in [2.05, 4.69) is 32.2 Å². The molecule has 19 heavy (non-hydrogen) atoms. The molecule has 0 aromatic heterocycles. The standard InChI is InChI=1S/C14H18BrN3O/c15-10-2-3-11(16)13(7-10)18-6-5-12-9(8-18)1-4-14(19)17-12/h2-3,7,9,12H,1,4-6,8,16H2,(H,17,19). The van der Waals surface area contributed by atoms with Crippen LogP contribution < -0.4 is 16.0 Å². The minimum Gasteiger partial charge on any atom is -0.397 e. The minimum atomic E-state index is 0.205. The van der Waals surface area contributed by atoms with Crippen LogP contribution in [0.1, 0.15) is 19.3 Å². The fourth-order valence-corrected chi connectivity index (χ4v) is 3.47. The zero-order chi connectivity index (χ0) is 13.4. The van der Waals surface area contributed by atoms with Crippen LogP contribution in [0.5, 0.6) is 0 Å². The monoisotopic (exact) mass is 323 g/mol. The highest BCUT2D eigenvalue weighted by Crippen LogP contribution is 2.33. The molecule has 2 heterocycles. The number of benzene rings is 1. The van der Waals surface area contributed by atoms with Crippen molar-refractivity contribution in [3.05, 3.63) is 22.7 Å². The highest BCUT2D eigenvalue weighted by molar-refractivity contribution is 9.10. The Morgan fingerprint density at radius 3 is 3.05 bits per heavy atom. The van der Waals surface area contributed by atoms with E-state index >= 15 is 0 Å². The van der Waals surface area contributed by atoms with E-state index in [1.807, 2.05) is 12.1 Å². The number of carbonyl (C=O) groups is 1. The van der Waals surface area contributed by atoms with Gasteiger partial charge in [0.1, 0.15) is 0 Å². The fraction of sp³-hybridized carbons (Fsp3) is 0.500. The van der Waals surface area contributed by atoms with Crippen molar-refractivity contribution in [1.82, 2.24) is 5.32 Å². The van der Waals surface area contributed by atoms with Gasteiger partial charge in [0.2, 0.25) is 5.91 Å². The van der Waals surface area contributed by atoms with Crippen LogP contribution in [0.15, 0.2) is 22.7 Å². The Bertz CT molecular complexity index is 505. The molecule has 3 N–H and O–H groups in total. The second-order valence-corrected chi connectivity index (χ2v) is 6.33. The zero-order valence-electron chi connectivity index (χ0n) is 10.7. The molecule has 4 nitrogen and oxygen atoms in total. The van der Waals surface area contributed by atoms with E-state index in [9.17, 15) is 4.79 Å². The smallest absolute Gasteiger partial charge is 0.220 e. The van der Waals surface area contributed by atoms with Gasteiger partial charge >= 0.3 is 0 Å². The van der Waals surface area contributed by atoms with Crippen molar-refractivity contribution in [2.75, 3.05) is 23.7 Å². The molecule has 0 spiro atoms. The first-order valence-corrected chi connectivity index (χ1v) is 7.52. The second-order valence-electron chi connectivity index (χ2n) is 5.41. The normalized spacial score (nSPS) is 26.8. The number of fused-ring (bicyclic) bond motifs is 1. The second kappa shape index (κ2) is 5.04. The molecule has 1 aromatic rings. The summed E-state index contributed by atoms with van der Waals surface area (Å²) in [7, 11) is 0. The lowest BCUT2D eigenvalue weighted by atomic mass is 9.85. The molecule has 0 radical (unpaired) electrons. The third-order valence-corrected chi connectivity index (χ3v) is 4.65. The molecular weight excluding hydrogens is 306 g/mol. The lowest BCUT2D eigenvalue weighted by molar-refractivity contribution is -0.124. The van der Waals surface area contributed by atoms with Gasteiger partial charge in [0.25, 0.3) is 0 Å². The summed E-state index contributed by atoms with van der Waals surface area (Å²) in [5, 5.41) is 3.11. The Kier molecular flexibility index (Phi) is 3.39. The molecule has 2 saturated heterocycles. The van der Waals surface area contributed by atoms with Crippen LogP contribution in [0.2, 0.25) is 0 Å². The van der Waals surface area contributed by atoms with Crippen molar-refractivity contribution in [1.29, 1.82) is 0 Å². The summed E-state index contributed by atoms with van der Waals surface area (Å²) in [6.45, 7) is 1.92. The first kappa shape index (κ1) is 12.8. The van der Waals surface area contributed by atoms with Crippen LogP contribution >= 0.6 is 15.9 Å². The van der Waals surface area contributed by atoms with Crippen molar-refractivity contribution in [2.24, 2.45) is 5.92 Å². The Hall–Kier alpha value is -1.23. The van der Waals surface area contributed by atoms with Gasteiger partial charge in [-0.3, -0.25) is 4.79 Å². The topological polar surface area (TPSA) is 58.4 Å². The van der Waals surface area contributed by atoms with Crippen LogP contribution in [-0.4, -0.2) is 25.0 Å². The molecule has 2 unspecified atom stereocenters. The summed E-state index contributed by atoms with van der Waals surface area (Å²) in [6.07, 6.45) is 2.65. The lowest BCUT2D eigenvalue weighted by Gasteiger charge is -2.42. The zero-order valence-corrected chi connectivity index (χ0v) is 12.3. The molecule has 102 valence electrons. The molecular formula is C14H18BrN3O. The van der Waals surface area contributed by atoms with Crippen molar-refractivity contribution < 1.29 is 4.79 Å². The third kappa shape index (κ3) is 2.56. The third-order valence-electron chi connectivity index (χ3n) is 4.16. The molecule has 1 aromatic carbocycles. The Morgan fingerprint density at radius 2 is 2.21 bits per heavy atom. The van der Waals surface area contributed by atoms with Gasteiger partial charge in [0, 0.05) is 30.0 Å². The van der Waals surface area contributed by atoms with Crippen LogP contribution in [0.4, 0.5) is 11.4 Å². The quantitative estimate of drug-likeness (QED) is 0.778. The maximum absolute atomic E-state index is 11.4. The van der Waals surface area contributed by atoms with Crippen LogP contribution in [0.3, 0.4) is 0 Å². The largest absolute Gasteiger partial charge is 0.397 e. The van der Waals surface area contributed by atoms with Gasteiger partial charge in [-0.2, -0.15) is 0 Å². The molecule has 0 bridgehead atoms. The van der Waals surface area contributed by atoms with Gasteiger partial charge in [-0.25, -0.2) is 0 Å². The molecule has 3 rings (SSSR count). The molecule has 5 heteroatoms. The lowest BCUT2D eigenvalue weighted by Crippen LogP contribution is -2.54. The maximum Gasteiger partial charge on any atom is 0.220 e. The van der Waals surface area contributed by atoms with E-state index in [1.165, 1.54) is 0 Å². The molecule has 2 aliphatic heterocycles. The fourth-order valence-electron chi connectivity index (χ4n) is 3.12. The SMILES string of the molecule is Nc1ccc(Br)cc1N1CCC2NC(=O)CCC2C1. The molecule has 1 amide bonds. The maximum atomic E-state index is 11.4. The van der Waals surface area contributed by atoms with Gasteiger partial charge in [-0.05, 0) is 37.0 Å².